The van der Waals surface area contributed by atoms with Gasteiger partial charge in [0.25, 0.3) is 0 Å². The highest BCUT2D eigenvalue weighted by atomic mass is 127. The third kappa shape index (κ3) is 3.41. The van der Waals surface area contributed by atoms with Gasteiger partial charge in [-0.05, 0) is 40.8 Å². The Labute approximate surface area is 96.2 Å². The first kappa shape index (κ1) is 11.1. The molecule has 0 saturated carbocycles. The number of hydrogen-bond acceptors (Lipinski definition) is 3. The maximum absolute atomic E-state index is 10.5. The van der Waals surface area contributed by atoms with Gasteiger partial charge in [-0.3, -0.25) is 4.79 Å². The molecule has 1 aromatic rings. The van der Waals surface area contributed by atoms with Crippen LogP contribution in [0, 0.1) is 3.57 Å². The molecule has 5 N–H and O–H groups in total. The number of carbonyl (C=O) groups is 1. The molecule has 0 bridgehead atoms. The van der Waals surface area contributed by atoms with Crippen molar-refractivity contribution in [1.29, 1.82) is 0 Å². The van der Waals surface area contributed by atoms with Crippen molar-refractivity contribution in [3.63, 3.8) is 0 Å². The lowest BCUT2D eigenvalue weighted by atomic mass is 10.2. The third-order valence-corrected chi connectivity index (χ3v) is 2.37. The van der Waals surface area contributed by atoms with E-state index in [0.717, 1.165) is 9.26 Å². The molecule has 14 heavy (non-hydrogen) atoms. The fourth-order valence-corrected chi connectivity index (χ4v) is 1.53. The van der Waals surface area contributed by atoms with Crippen LogP contribution in [0.1, 0.15) is 6.42 Å². The molecule has 0 unspecified atom stereocenters. The van der Waals surface area contributed by atoms with Gasteiger partial charge in [0.15, 0.2) is 0 Å². The van der Waals surface area contributed by atoms with Crippen LogP contribution in [0.5, 0.6) is 0 Å². The number of primary amides is 1. The standard InChI is InChI=1S/C9H12IN3O/c10-6-1-2-8(7(11)5-6)13-4-3-9(12)14/h1-2,5,13H,3-4,11H2,(H2,12,14). The maximum Gasteiger partial charge on any atom is 0.219 e. The minimum Gasteiger partial charge on any atom is -0.397 e. The number of benzene rings is 1. The van der Waals surface area contributed by atoms with E-state index in [1.807, 2.05) is 18.2 Å². The second-order valence-corrected chi connectivity index (χ2v) is 4.12. The molecule has 0 aliphatic rings. The Morgan fingerprint density at radius 3 is 2.79 bits per heavy atom. The van der Waals surface area contributed by atoms with Crippen LogP contribution in [-0.4, -0.2) is 12.5 Å². The molecule has 4 nitrogen and oxygen atoms in total. The molecule has 0 aliphatic carbocycles. The van der Waals surface area contributed by atoms with Crippen molar-refractivity contribution in [3.05, 3.63) is 21.8 Å². The first-order valence-electron chi connectivity index (χ1n) is 4.17. The van der Waals surface area contributed by atoms with Crippen LogP contribution in [0.25, 0.3) is 0 Å². The Kier molecular flexibility index (Phi) is 3.99. The summed E-state index contributed by atoms with van der Waals surface area (Å²) >= 11 is 2.19. The Bertz CT molecular complexity index is 341. The Hall–Kier alpha value is -0.980. The monoisotopic (exact) mass is 305 g/mol. The van der Waals surface area contributed by atoms with E-state index in [1.165, 1.54) is 0 Å². The number of hydrogen-bond donors (Lipinski definition) is 3. The van der Waals surface area contributed by atoms with Crippen LogP contribution in [0.15, 0.2) is 18.2 Å². The van der Waals surface area contributed by atoms with Gasteiger partial charge in [0, 0.05) is 16.5 Å². The number of halogens is 1. The number of anilines is 2. The Morgan fingerprint density at radius 2 is 2.21 bits per heavy atom. The lowest BCUT2D eigenvalue weighted by Gasteiger charge is -2.08. The van der Waals surface area contributed by atoms with Crippen LogP contribution in [0.3, 0.4) is 0 Å². The van der Waals surface area contributed by atoms with Crippen molar-refractivity contribution in [2.45, 2.75) is 6.42 Å². The Morgan fingerprint density at radius 1 is 1.50 bits per heavy atom. The van der Waals surface area contributed by atoms with Crippen LogP contribution in [-0.2, 0) is 4.79 Å². The summed E-state index contributed by atoms with van der Waals surface area (Å²) in [4.78, 5) is 10.5. The predicted molar refractivity (Wildman–Crippen MR) is 65.9 cm³/mol. The van der Waals surface area contributed by atoms with E-state index >= 15 is 0 Å². The van der Waals surface area contributed by atoms with E-state index in [4.69, 9.17) is 11.5 Å². The zero-order valence-electron chi connectivity index (χ0n) is 7.59. The van der Waals surface area contributed by atoms with Crippen LogP contribution in [0.4, 0.5) is 11.4 Å². The van der Waals surface area contributed by atoms with Gasteiger partial charge in [0.2, 0.25) is 5.91 Å². The molecule has 0 fully saturated rings. The lowest BCUT2D eigenvalue weighted by Crippen LogP contribution is -2.16. The third-order valence-electron chi connectivity index (χ3n) is 1.70. The summed E-state index contributed by atoms with van der Waals surface area (Å²) in [5.74, 6) is -0.318. The molecule has 0 aromatic heterocycles. The smallest absolute Gasteiger partial charge is 0.219 e. The molecule has 1 aromatic carbocycles. The van der Waals surface area contributed by atoms with Crippen molar-refractivity contribution in [3.8, 4) is 0 Å². The summed E-state index contributed by atoms with van der Waals surface area (Å²) in [5, 5.41) is 3.04. The molecule has 76 valence electrons. The van der Waals surface area contributed by atoms with Crippen molar-refractivity contribution >= 4 is 39.9 Å². The van der Waals surface area contributed by atoms with Gasteiger partial charge in [-0.2, -0.15) is 0 Å². The van der Waals surface area contributed by atoms with Gasteiger partial charge in [-0.15, -0.1) is 0 Å². The highest BCUT2D eigenvalue weighted by Crippen LogP contribution is 2.20. The fraction of sp³-hybridized carbons (Fsp3) is 0.222. The number of rotatable bonds is 4. The number of nitrogens with two attached hydrogens (primary N) is 2. The van der Waals surface area contributed by atoms with E-state index < -0.39 is 0 Å². The van der Waals surface area contributed by atoms with Gasteiger partial charge in [-0.25, -0.2) is 0 Å². The summed E-state index contributed by atoms with van der Waals surface area (Å²) in [6.07, 6.45) is 0.311. The van der Waals surface area contributed by atoms with Crippen molar-refractivity contribution in [2.75, 3.05) is 17.6 Å². The normalized spacial score (nSPS) is 9.79. The lowest BCUT2D eigenvalue weighted by molar-refractivity contribution is -0.117. The second kappa shape index (κ2) is 5.04. The fourth-order valence-electron chi connectivity index (χ4n) is 1.01. The van der Waals surface area contributed by atoms with Crippen LogP contribution in [0.2, 0.25) is 0 Å². The van der Waals surface area contributed by atoms with Crippen molar-refractivity contribution in [1.82, 2.24) is 0 Å². The van der Waals surface area contributed by atoms with Crippen molar-refractivity contribution < 1.29 is 4.79 Å². The van der Waals surface area contributed by atoms with E-state index in [1.54, 1.807) is 0 Å². The number of carbonyl (C=O) groups excluding carboxylic acids is 1. The van der Waals surface area contributed by atoms with Crippen molar-refractivity contribution in [2.24, 2.45) is 5.73 Å². The summed E-state index contributed by atoms with van der Waals surface area (Å²) in [6, 6.07) is 5.70. The molecule has 5 heteroatoms. The van der Waals surface area contributed by atoms with E-state index in [-0.39, 0.29) is 5.91 Å². The van der Waals surface area contributed by atoms with Crippen LogP contribution >= 0.6 is 22.6 Å². The van der Waals surface area contributed by atoms with E-state index in [9.17, 15) is 4.79 Å². The zero-order chi connectivity index (χ0) is 10.6. The Balaban J connectivity index is 2.55. The highest BCUT2D eigenvalue weighted by Gasteiger charge is 1.99. The number of nitrogens with one attached hydrogen (secondary N) is 1. The van der Waals surface area contributed by atoms with E-state index in [2.05, 4.69) is 27.9 Å². The highest BCUT2D eigenvalue weighted by molar-refractivity contribution is 14.1. The first-order chi connectivity index (χ1) is 6.59. The van der Waals surface area contributed by atoms with Gasteiger partial charge >= 0.3 is 0 Å². The molecule has 0 spiro atoms. The molecular weight excluding hydrogens is 293 g/mol. The topological polar surface area (TPSA) is 81.1 Å². The van der Waals surface area contributed by atoms with Gasteiger partial charge in [0.05, 0.1) is 11.4 Å². The molecular formula is C9H12IN3O. The maximum atomic E-state index is 10.5. The molecule has 0 heterocycles. The molecule has 0 saturated heterocycles. The van der Waals surface area contributed by atoms with Crippen LogP contribution < -0.4 is 16.8 Å². The van der Waals surface area contributed by atoms with Gasteiger partial charge < -0.3 is 16.8 Å². The summed E-state index contributed by atoms with van der Waals surface area (Å²) in [6.45, 7) is 0.514. The average molecular weight is 305 g/mol. The summed E-state index contributed by atoms with van der Waals surface area (Å²) in [7, 11) is 0. The minimum atomic E-state index is -0.318. The SMILES string of the molecule is NC(=O)CCNc1ccc(I)cc1N. The quantitative estimate of drug-likeness (QED) is 0.577. The number of amides is 1. The molecule has 0 aliphatic heterocycles. The molecule has 1 rings (SSSR count). The van der Waals surface area contributed by atoms with Gasteiger partial charge in [-0.1, -0.05) is 0 Å². The second-order valence-electron chi connectivity index (χ2n) is 2.87. The average Bonchev–Trinajstić information content (AvgIpc) is 2.08. The minimum absolute atomic E-state index is 0.311. The molecule has 0 atom stereocenters. The molecule has 1 amide bonds. The largest absolute Gasteiger partial charge is 0.397 e. The molecule has 0 radical (unpaired) electrons. The first-order valence-corrected chi connectivity index (χ1v) is 5.24. The zero-order valence-corrected chi connectivity index (χ0v) is 9.74. The van der Waals surface area contributed by atoms with Gasteiger partial charge in [0.1, 0.15) is 0 Å². The summed E-state index contributed by atoms with van der Waals surface area (Å²) in [5.41, 5.74) is 12.3. The summed E-state index contributed by atoms with van der Waals surface area (Å²) < 4.78 is 1.08. The predicted octanol–water partition coefficient (Wildman–Crippen LogP) is 1.16. The number of nitrogen functional groups attached to an aromatic ring is 1. The van der Waals surface area contributed by atoms with E-state index in [0.29, 0.717) is 18.7 Å².